The maximum Gasteiger partial charge on any atom is 0.158 e. The molecule has 1 aliphatic heterocycles. The second kappa shape index (κ2) is 6.64. The molecule has 0 radical (unpaired) electrons. The number of Topliss-reactive ketones (excluding diaryl/α,β-unsaturated/α-hetero) is 1. The first kappa shape index (κ1) is 13.2. The first-order valence-corrected chi connectivity index (χ1v) is 7.61. The van der Waals surface area contributed by atoms with Gasteiger partial charge in [0.2, 0.25) is 0 Å². The van der Waals surface area contributed by atoms with Gasteiger partial charge in [0.15, 0.2) is 5.78 Å². The monoisotopic (exact) mass is 244 g/mol. The van der Waals surface area contributed by atoms with Crippen molar-refractivity contribution < 1.29 is 4.79 Å². The maximum absolute atomic E-state index is 11.5. The van der Waals surface area contributed by atoms with Crippen molar-refractivity contribution in [1.29, 1.82) is 0 Å². The van der Waals surface area contributed by atoms with E-state index in [2.05, 4.69) is 37.0 Å². The molecule has 0 aromatic heterocycles. The van der Waals surface area contributed by atoms with Gasteiger partial charge in [-0.1, -0.05) is 13.5 Å². The fourth-order valence-electron chi connectivity index (χ4n) is 1.58. The van der Waals surface area contributed by atoms with E-state index >= 15 is 0 Å². The van der Waals surface area contributed by atoms with Crippen LogP contribution in [0.2, 0.25) is 0 Å². The molecule has 0 bridgehead atoms. The zero-order valence-electron chi connectivity index (χ0n) is 9.62. The highest BCUT2D eigenvalue weighted by molar-refractivity contribution is 8.17. The summed E-state index contributed by atoms with van der Waals surface area (Å²) in [6, 6.07) is 0. The van der Waals surface area contributed by atoms with Crippen LogP contribution in [-0.2, 0) is 4.79 Å². The van der Waals surface area contributed by atoms with Crippen molar-refractivity contribution in [3.63, 3.8) is 0 Å². The first-order valence-electron chi connectivity index (χ1n) is 5.51. The average Bonchev–Trinajstić information content (AvgIpc) is 2.18. The molecule has 0 aromatic carbocycles. The van der Waals surface area contributed by atoms with E-state index in [9.17, 15) is 4.79 Å². The Morgan fingerprint density at radius 2 is 2.07 bits per heavy atom. The Morgan fingerprint density at radius 1 is 1.47 bits per heavy atom. The van der Waals surface area contributed by atoms with Gasteiger partial charge in [-0.05, 0) is 42.8 Å². The van der Waals surface area contributed by atoms with E-state index in [0.29, 0.717) is 22.5 Å². The summed E-state index contributed by atoms with van der Waals surface area (Å²) in [6.45, 7) is 7.68. The van der Waals surface area contributed by atoms with Gasteiger partial charge in [-0.25, -0.2) is 0 Å². The summed E-state index contributed by atoms with van der Waals surface area (Å²) in [7, 11) is 0. The van der Waals surface area contributed by atoms with Crippen molar-refractivity contribution in [3.8, 4) is 0 Å². The summed E-state index contributed by atoms with van der Waals surface area (Å²) >= 11 is 4.11. The molecule has 1 atom stereocenters. The van der Waals surface area contributed by atoms with Crippen molar-refractivity contribution >= 4 is 29.3 Å². The molecule has 3 heteroatoms. The average molecular weight is 244 g/mol. The standard InChI is InChI=1S/C12H20OS2/c1-9(2)11(13)7-10(3)8-12-14-5-4-6-15-12/h10,12H,1,4-8H2,2-3H3. The van der Waals surface area contributed by atoms with Gasteiger partial charge in [0, 0.05) is 6.42 Å². The van der Waals surface area contributed by atoms with Crippen LogP contribution in [0.15, 0.2) is 12.2 Å². The van der Waals surface area contributed by atoms with Crippen LogP contribution in [0.5, 0.6) is 0 Å². The molecule has 1 unspecified atom stereocenters. The number of hydrogen-bond donors (Lipinski definition) is 0. The van der Waals surface area contributed by atoms with Crippen LogP contribution < -0.4 is 0 Å². The van der Waals surface area contributed by atoms with Gasteiger partial charge in [0.05, 0.1) is 4.58 Å². The quantitative estimate of drug-likeness (QED) is 0.686. The molecule has 0 aromatic rings. The van der Waals surface area contributed by atoms with Crippen molar-refractivity contribution in [3.05, 3.63) is 12.2 Å². The summed E-state index contributed by atoms with van der Waals surface area (Å²) in [5.74, 6) is 3.31. The van der Waals surface area contributed by atoms with Crippen LogP contribution in [0.3, 0.4) is 0 Å². The van der Waals surface area contributed by atoms with Crippen LogP contribution in [0.25, 0.3) is 0 Å². The molecule has 0 spiro atoms. The Hall–Kier alpha value is 0.110. The molecule has 1 rings (SSSR count). The van der Waals surface area contributed by atoms with E-state index in [1.165, 1.54) is 17.9 Å². The van der Waals surface area contributed by atoms with Gasteiger partial charge in [-0.15, -0.1) is 23.5 Å². The number of rotatable bonds is 5. The minimum Gasteiger partial charge on any atom is -0.295 e. The van der Waals surface area contributed by atoms with Crippen molar-refractivity contribution in [1.82, 2.24) is 0 Å². The molecule has 15 heavy (non-hydrogen) atoms. The van der Waals surface area contributed by atoms with E-state index in [4.69, 9.17) is 0 Å². The predicted octanol–water partition coefficient (Wildman–Crippen LogP) is 3.74. The van der Waals surface area contributed by atoms with Gasteiger partial charge in [-0.3, -0.25) is 4.79 Å². The van der Waals surface area contributed by atoms with Gasteiger partial charge >= 0.3 is 0 Å². The highest BCUT2D eigenvalue weighted by Gasteiger charge is 2.19. The minimum atomic E-state index is 0.230. The lowest BCUT2D eigenvalue weighted by Gasteiger charge is -2.23. The Labute approximate surface area is 101 Å². The molecular formula is C12H20OS2. The van der Waals surface area contributed by atoms with Crippen LogP contribution in [0.4, 0.5) is 0 Å². The normalized spacial score (nSPS) is 19.9. The highest BCUT2D eigenvalue weighted by Crippen LogP contribution is 2.35. The van der Waals surface area contributed by atoms with Gasteiger partial charge in [0.1, 0.15) is 0 Å². The number of ketones is 1. The van der Waals surface area contributed by atoms with E-state index in [0.717, 1.165) is 6.42 Å². The van der Waals surface area contributed by atoms with Crippen LogP contribution in [0.1, 0.15) is 33.1 Å². The smallest absolute Gasteiger partial charge is 0.158 e. The Bertz CT molecular complexity index is 232. The van der Waals surface area contributed by atoms with Crippen molar-refractivity contribution in [2.45, 2.75) is 37.7 Å². The van der Waals surface area contributed by atoms with Crippen molar-refractivity contribution in [2.75, 3.05) is 11.5 Å². The second-order valence-electron chi connectivity index (χ2n) is 4.27. The molecule has 0 aliphatic carbocycles. The van der Waals surface area contributed by atoms with E-state index in [1.54, 1.807) is 6.92 Å². The van der Waals surface area contributed by atoms with E-state index in [1.807, 2.05) is 0 Å². The summed E-state index contributed by atoms with van der Waals surface area (Å²) in [5, 5.41) is 0. The fraction of sp³-hybridized carbons (Fsp3) is 0.750. The third kappa shape index (κ3) is 5.12. The topological polar surface area (TPSA) is 17.1 Å². The SMILES string of the molecule is C=C(C)C(=O)CC(C)CC1SCCCS1. The lowest BCUT2D eigenvalue weighted by molar-refractivity contribution is -0.116. The van der Waals surface area contributed by atoms with Crippen LogP contribution >= 0.6 is 23.5 Å². The largest absolute Gasteiger partial charge is 0.295 e. The third-order valence-electron chi connectivity index (χ3n) is 2.50. The number of carbonyl (C=O) groups excluding carboxylic acids is 1. The minimum absolute atomic E-state index is 0.230. The molecule has 0 saturated carbocycles. The third-order valence-corrected chi connectivity index (χ3v) is 5.49. The Balaban J connectivity index is 2.25. The first-order chi connectivity index (χ1) is 7.09. The van der Waals surface area contributed by atoms with Crippen molar-refractivity contribution in [2.24, 2.45) is 5.92 Å². The maximum atomic E-state index is 11.5. The highest BCUT2D eigenvalue weighted by atomic mass is 32.2. The number of carbonyl (C=O) groups is 1. The molecule has 1 saturated heterocycles. The summed E-state index contributed by atoms with van der Waals surface area (Å²) in [5.41, 5.74) is 0.700. The van der Waals surface area contributed by atoms with Gasteiger partial charge in [0.25, 0.3) is 0 Å². The summed E-state index contributed by atoms with van der Waals surface area (Å²) < 4.78 is 0.715. The van der Waals surface area contributed by atoms with E-state index < -0.39 is 0 Å². The molecular weight excluding hydrogens is 224 g/mol. The zero-order valence-corrected chi connectivity index (χ0v) is 11.3. The molecule has 1 fully saturated rings. The van der Waals surface area contributed by atoms with Crippen LogP contribution in [-0.4, -0.2) is 21.9 Å². The fourth-order valence-corrected chi connectivity index (χ4v) is 4.80. The number of allylic oxidation sites excluding steroid dienone is 1. The second-order valence-corrected chi connectivity index (χ2v) is 7.19. The number of hydrogen-bond acceptors (Lipinski definition) is 3. The zero-order chi connectivity index (χ0) is 11.3. The van der Waals surface area contributed by atoms with Crippen LogP contribution in [0, 0.1) is 5.92 Å². The predicted molar refractivity (Wildman–Crippen MR) is 71.5 cm³/mol. The summed E-state index contributed by atoms with van der Waals surface area (Å²) in [6.07, 6.45) is 3.17. The van der Waals surface area contributed by atoms with Gasteiger partial charge in [-0.2, -0.15) is 0 Å². The Morgan fingerprint density at radius 3 is 2.60 bits per heavy atom. The molecule has 0 N–H and O–H groups in total. The lowest BCUT2D eigenvalue weighted by Crippen LogP contribution is -2.14. The molecule has 1 aliphatic rings. The Kier molecular flexibility index (Phi) is 5.83. The lowest BCUT2D eigenvalue weighted by atomic mass is 9.99. The number of thioether (sulfide) groups is 2. The van der Waals surface area contributed by atoms with E-state index in [-0.39, 0.29) is 5.78 Å². The van der Waals surface area contributed by atoms with Gasteiger partial charge < -0.3 is 0 Å². The summed E-state index contributed by atoms with van der Waals surface area (Å²) in [4.78, 5) is 11.5. The molecule has 1 nitrogen and oxygen atoms in total. The molecule has 86 valence electrons. The molecule has 0 amide bonds. The molecule has 1 heterocycles.